The number of anilines is 1. The number of hydrogen-bond donors (Lipinski definition) is 2. The molecule has 0 saturated heterocycles. The molecule has 1 aromatic carbocycles. The van der Waals surface area contributed by atoms with E-state index in [9.17, 15) is 0 Å². The molecule has 4 heteroatoms. The average Bonchev–Trinajstić information content (AvgIpc) is 2.25. The van der Waals surface area contributed by atoms with Gasteiger partial charge in [0.25, 0.3) is 0 Å². The lowest BCUT2D eigenvalue weighted by atomic mass is 10.2. The van der Waals surface area contributed by atoms with E-state index >= 15 is 0 Å². The van der Waals surface area contributed by atoms with Crippen LogP contribution in [0.2, 0.25) is 0 Å². The third kappa shape index (κ3) is 4.31. The summed E-state index contributed by atoms with van der Waals surface area (Å²) in [6.07, 6.45) is 1.02. The third-order valence-corrected chi connectivity index (χ3v) is 2.25. The van der Waals surface area contributed by atoms with Crippen LogP contribution < -0.4 is 11.5 Å². The molecule has 1 rings (SSSR count). The van der Waals surface area contributed by atoms with Crippen LogP contribution in [0.15, 0.2) is 29.3 Å². The van der Waals surface area contributed by atoms with Crippen molar-refractivity contribution in [3.63, 3.8) is 0 Å². The van der Waals surface area contributed by atoms with Crippen molar-refractivity contribution in [2.75, 3.05) is 32.9 Å². The Morgan fingerprint density at radius 3 is 2.44 bits per heavy atom. The van der Waals surface area contributed by atoms with Gasteiger partial charge in [-0.1, -0.05) is 0 Å². The molecule has 0 spiro atoms. The summed E-state index contributed by atoms with van der Waals surface area (Å²) in [6, 6.07) is 7.44. The summed E-state index contributed by atoms with van der Waals surface area (Å²) in [6.45, 7) is 1.78. The fraction of sp³-hybridized carbons (Fsp3) is 0.417. The first-order chi connectivity index (χ1) is 7.59. The maximum Gasteiger partial charge on any atom is 0.125 e. The summed E-state index contributed by atoms with van der Waals surface area (Å²) >= 11 is 0. The number of benzene rings is 1. The summed E-state index contributed by atoms with van der Waals surface area (Å²) in [5, 5.41) is 0. The lowest BCUT2D eigenvalue weighted by Gasteiger charge is -2.07. The van der Waals surface area contributed by atoms with E-state index in [-0.39, 0.29) is 0 Å². The number of nitrogens with two attached hydrogens (primary N) is 2. The first kappa shape index (κ1) is 12.5. The van der Waals surface area contributed by atoms with Crippen molar-refractivity contribution >= 4 is 11.5 Å². The molecule has 0 amide bonds. The number of hydrogen-bond acceptors (Lipinski definition) is 3. The molecule has 4 N–H and O–H groups in total. The molecule has 0 unspecified atom stereocenters. The fourth-order valence-electron chi connectivity index (χ4n) is 1.33. The Labute approximate surface area is 97.0 Å². The first-order valence-corrected chi connectivity index (χ1v) is 5.40. The van der Waals surface area contributed by atoms with E-state index in [0.29, 0.717) is 5.84 Å². The number of aliphatic imine (C=N–C) groups is 1. The van der Waals surface area contributed by atoms with Gasteiger partial charge in [0.05, 0.1) is 0 Å². The molecule has 88 valence electrons. The molecular weight excluding hydrogens is 200 g/mol. The zero-order valence-corrected chi connectivity index (χ0v) is 9.98. The summed E-state index contributed by atoms with van der Waals surface area (Å²) in [4.78, 5) is 6.46. The zero-order valence-electron chi connectivity index (χ0n) is 9.98. The van der Waals surface area contributed by atoms with Gasteiger partial charge in [0, 0.05) is 17.8 Å². The minimum Gasteiger partial charge on any atom is -0.399 e. The van der Waals surface area contributed by atoms with E-state index in [1.807, 2.05) is 38.4 Å². The van der Waals surface area contributed by atoms with E-state index < -0.39 is 0 Å². The van der Waals surface area contributed by atoms with Crippen molar-refractivity contribution in [1.29, 1.82) is 0 Å². The molecule has 0 bridgehead atoms. The average molecular weight is 220 g/mol. The lowest BCUT2D eigenvalue weighted by Crippen LogP contribution is -2.16. The normalized spacial score (nSPS) is 12.1. The Balaban J connectivity index is 2.47. The quantitative estimate of drug-likeness (QED) is 0.336. The van der Waals surface area contributed by atoms with Gasteiger partial charge in [0.15, 0.2) is 0 Å². The Bertz CT molecular complexity index is 341. The second-order valence-corrected chi connectivity index (χ2v) is 4.05. The first-order valence-electron chi connectivity index (χ1n) is 5.40. The van der Waals surface area contributed by atoms with Crippen LogP contribution in [-0.4, -0.2) is 37.9 Å². The van der Waals surface area contributed by atoms with Gasteiger partial charge in [-0.25, -0.2) is 0 Å². The molecule has 4 nitrogen and oxygen atoms in total. The number of amidine groups is 1. The van der Waals surface area contributed by atoms with Gasteiger partial charge in [-0.15, -0.1) is 0 Å². The van der Waals surface area contributed by atoms with Gasteiger partial charge < -0.3 is 16.4 Å². The molecule has 1 aromatic rings. The topological polar surface area (TPSA) is 67.6 Å². The van der Waals surface area contributed by atoms with Crippen molar-refractivity contribution < 1.29 is 0 Å². The highest BCUT2D eigenvalue weighted by molar-refractivity contribution is 5.97. The maximum atomic E-state index is 5.86. The molecule has 0 saturated carbocycles. The van der Waals surface area contributed by atoms with Gasteiger partial charge in [-0.2, -0.15) is 0 Å². The van der Waals surface area contributed by atoms with Crippen LogP contribution >= 0.6 is 0 Å². The minimum atomic E-state index is 0.582. The van der Waals surface area contributed by atoms with Crippen molar-refractivity contribution in [2.45, 2.75) is 6.42 Å². The van der Waals surface area contributed by atoms with Crippen molar-refractivity contribution in [3.05, 3.63) is 29.8 Å². The molecule has 0 atom stereocenters. The van der Waals surface area contributed by atoms with E-state index in [0.717, 1.165) is 30.8 Å². The molecule has 0 aliphatic rings. The van der Waals surface area contributed by atoms with Crippen LogP contribution in [0.5, 0.6) is 0 Å². The molecule has 0 heterocycles. The van der Waals surface area contributed by atoms with Gasteiger partial charge >= 0.3 is 0 Å². The molecule has 0 aliphatic carbocycles. The standard InChI is InChI=1S/C12H20N4/c1-16(2)9-3-8-15-12(14)10-4-6-11(13)7-5-10/h4-7H,3,8-9,13H2,1-2H3,(H2,14,15). The molecule has 0 fully saturated rings. The molecular formula is C12H20N4. The third-order valence-electron chi connectivity index (χ3n) is 2.25. The van der Waals surface area contributed by atoms with E-state index in [4.69, 9.17) is 11.5 Å². The van der Waals surface area contributed by atoms with Crippen LogP contribution in [0.1, 0.15) is 12.0 Å². The van der Waals surface area contributed by atoms with Gasteiger partial charge in [0.1, 0.15) is 5.84 Å². The largest absolute Gasteiger partial charge is 0.399 e. The maximum absolute atomic E-state index is 5.86. The van der Waals surface area contributed by atoms with Crippen molar-refractivity contribution in [3.8, 4) is 0 Å². The number of rotatable bonds is 5. The van der Waals surface area contributed by atoms with E-state index in [1.165, 1.54) is 0 Å². The Morgan fingerprint density at radius 1 is 1.25 bits per heavy atom. The second-order valence-electron chi connectivity index (χ2n) is 4.05. The van der Waals surface area contributed by atoms with Crippen molar-refractivity contribution in [1.82, 2.24) is 4.90 Å². The summed E-state index contributed by atoms with van der Waals surface area (Å²) in [5.41, 5.74) is 13.1. The van der Waals surface area contributed by atoms with Crippen LogP contribution in [0, 0.1) is 0 Å². The highest BCUT2D eigenvalue weighted by Crippen LogP contribution is 2.05. The smallest absolute Gasteiger partial charge is 0.125 e. The van der Waals surface area contributed by atoms with E-state index in [2.05, 4.69) is 9.89 Å². The number of nitrogen functional groups attached to an aromatic ring is 1. The highest BCUT2D eigenvalue weighted by Gasteiger charge is 1.97. The molecule has 0 radical (unpaired) electrons. The SMILES string of the molecule is CN(C)CCCN=C(N)c1ccc(N)cc1. The lowest BCUT2D eigenvalue weighted by molar-refractivity contribution is 0.403. The predicted octanol–water partition coefficient (Wildman–Crippen LogP) is 0.926. The second kappa shape index (κ2) is 6.12. The molecule has 0 aromatic heterocycles. The number of nitrogens with zero attached hydrogens (tertiary/aromatic N) is 2. The van der Waals surface area contributed by atoms with Crippen LogP contribution in [-0.2, 0) is 0 Å². The monoisotopic (exact) mass is 220 g/mol. The Morgan fingerprint density at radius 2 is 1.88 bits per heavy atom. The van der Waals surface area contributed by atoms with Crippen molar-refractivity contribution in [2.24, 2.45) is 10.7 Å². The van der Waals surface area contributed by atoms with E-state index in [1.54, 1.807) is 0 Å². The van der Waals surface area contributed by atoms with Gasteiger partial charge in [0.2, 0.25) is 0 Å². The summed E-state index contributed by atoms with van der Waals surface area (Å²) < 4.78 is 0. The minimum absolute atomic E-state index is 0.582. The fourth-order valence-corrected chi connectivity index (χ4v) is 1.33. The molecule has 0 aliphatic heterocycles. The van der Waals surface area contributed by atoms with Gasteiger partial charge in [-0.05, 0) is 51.3 Å². The Kier molecular flexibility index (Phi) is 4.79. The summed E-state index contributed by atoms with van der Waals surface area (Å²) in [7, 11) is 4.10. The molecule has 16 heavy (non-hydrogen) atoms. The van der Waals surface area contributed by atoms with Crippen LogP contribution in [0.4, 0.5) is 5.69 Å². The predicted molar refractivity (Wildman–Crippen MR) is 69.6 cm³/mol. The van der Waals surface area contributed by atoms with Crippen LogP contribution in [0.25, 0.3) is 0 Å². The summed E-state index contributed by atoms with van der Waals surface area (Å²) in [5.74, 6) is 0.582. The Hall–Kier alpha value is -1.55. The highest BCUT2D eigenvalue weighted by atomic mass is 15.0. The van der Waals surface area contributed by atoms with Crippen LogP contribution in [0.3, 0.4) is 0 Å². The zero-order chi connectivity index (χ0) is 12.0. The van der Waals surface area contributed by atoms with Gasteiger partial charge in [-0.3, -0.25) is 4.99 Å².